The Hall–Kier alpha value is -1.18. The molecular weight excluding hydrogens is 258 g/mol. The van der Waals surface area contributed by atoms with E-state index in [1.165, 1.54) is 0 Å². The van der Waals surface area contributed by atoms with Crippen LogP contribution in [0.25, 0.3) is 0 Å². The van der Waals surface area contributed by atoms with Crippen LogP contribution in [0.4, 0.5) is 0 Å². The summed E-state index contributed by atoms with van der Waals surface area (Å²) < 4.78 is 4.87. The number of carbonyl (C=O) groups excluding carboxylic acids is 1. The third kappa shape index (κ3) is 3.39. The number of benzene rings is 1. The van der Waals surface area contributed by atoms with E-state index in [1.807, 2.05) is 6.07 Å². The van der Waals surface area contributed by atoms with E-state index < -0.39 is 0 Å². The summed E-state index contributed by atoms with van der Waals surface area (Å²) in [7, 11) is 0. The summed E-state index contributed by atoms with van der Waals surface area (Å²) in [6.45, 7) is 2.05. The van der Waals surface area contributed by atoms with Gasteiger partial charge in [-0.05, 0) is 30.2 Å². The zero-order valence-corrected chi connectivity index (χ0v) is 11.0. The van der Waals surface area contributed by atoms with Crippen LogP contribution in [-0.4, -0.2) is 12.6 Å². The van der Waals surface area contributed by atoms with Crippen LogP contribution in [0.1, 0.15) is 23.6 Å². The fraction of sp³-hybridized carbons (Fsp3) is 0.333. The van der Waals surface area contributed by atoms with Gasteiger partial charge in [0.1, 0.15) is 0 Å². The number of hydrogen-bond donors (Lipinski definition) is 1. The average Bonchev–Trinajstić information content (AvgIpc) is 2.30. The molecule has 0 aliphatic heterocycles. The van der Waals surface area contributed by atoms with Gasteiger partial charge >= 0.3 is 5.97 Å². The second-order valence-corrected chi connectivity index (χ2v) is 4.07. The lowest BCUT2D eigenvalue weighted by Crippen LogP contribution is -2.11. The van der Waals surface area contributed by atoms with Gasteiger partial charge in [0.15, 0.2) is 0 Å². The van der Waals surface area contributed by atoms with Gasteiger partial charge in [-0.3, -0.25) is 4.79 Å². The maximum absolute atomic E-state index is 11.5. The molecule has 17 heavy (non-hydrogen) atoms. The number of ether oxygens (including phenoxy) is 1. The summed E-state index contributed by atoms with van der Waals surface area (Å²) >= 11 is 10.1. The van der Waals surface area contributed by atoms with Crippen LogP contribution >= 0.6 is 24.2 Å². The lowest BCUT2D eigenvalue weighted by molar-refractivity contribution is -0.142. The normalized spacial score (nSPS) is 9.76. The van der Waals surface area contributed by atoms with Crippen LogP contribution in [0.2, 0.25) is 0 Å². The van der Waals surface area contributed by atoms with Crippen molar-refractivity contribution in [1.82, 2.24) is 0 Å². The molecule has 0 atom stereocenters. The van der Waals surface area contributed by atoms with Crippen molar-refractivity contribution in [2.45, 2.75) is 24.1 Å². The Morgan fingerprint density at radius 3 is 2.76 bits per heavy atom. The molecule has 1 aromatic carbocycles. The fourth-order valence-electron chi connectivity index (χ4n) is 1.49. The number of halogens is 1. The minimum absolute atomic E-state index is 0.0488. The van der Waals surface area contributed by atoms with Crippen molar-refractivity contribution in [2.75, 3.05) is 6.61 Å². The molecule has 1 aromatic rings. The lowest BCUT2D eigenvalue weighted by Gasteiger charge is -2.11. The Balaban J connectivity index is 3.15. The molecular formula is C12H12ClNO2S. The third-order valence-corrected chi connectivity index (χ3v) is 2.97. The minimum atomic E-state index is -0.366. The van der Waals surface area contributed by atoms with Crippen LogP contribution in [-0.2, 0) is 21.8 Å². The van der Waals surface area contributed by atoms with Gasteiger partial charge in [0.2, 0.25) is 0 Å². The van der Waals surface area contributed by atoms with Crippen LogP contribution in [0.15, 0.2) is 17.0 Å². The SMILES string of the molecule is CCOC(=O)Cc1c(C#N)ccc(S)c1CCl. The molecule has 0 radical (unpaired) electrons. The number of nitrogens with zero attached hydrogens (tertiary/aromatic N) is 1. The van der Waals surface area contributed by atoms with Crippen molar-refractivity contribution >= 4 is 30.2 Å². The van der Waals surface area contributed by atoms with Crippen molar-refractivity contribution < 1.29 is 9.53 Å². The van der Waals surface area contributed by atoms with Gasteiger partial charge in [0, 0.05) is 10.8 Å². The highest BCUT2D eigenvalue weighted by Gasteiger charge is 2.15. The second kappa shape index (κ2) is 6.53. The summed E-state index contributed by atoms with van der Waals surface area (Å²) in [5, 5.41) is 9.00. The maximum Gasteiger partial charge on any atom is 0.310 e. The third-order valence-electron chi connectivity index (χ3n) is 2.29. The summed E-state index contributed by atoms with van der Waals surface area (Å²) in [5.41, 5.74) is 1.75. The van der Waals surface area contributed by atoms with E-state index >= 15 is 0 Å². The maximum atomic E-state index is 11.5. The fourth-order valence-corrected chi connectivity index (χ4v) is 2.18. The number of esters is 1. The van der Waals surface area contributed by atoms with Gasteiger partial charge in [0.25, 0.3) is 0 Å². The monoisotopic (exact) mass is 269 g/mol. The molecule has 0 unspecified atom stereocenters. The summed E-state index contributed by atoms with van der Waals surface area (Å²) in [6, 6.07) is 5.38. The molecule has 0 aliphatic rings. The number of thiol groups is 1. The van der Waals surface area contributed by atoms with Gasteiger partial charge < -0.3 is 4.74 Å². The second-order valence-electron chi connectivity index (χ2n) is 3.32. The molecule has 3 nitrogen and oxygen atoms in total. The molecule has 5 heteroatoms. The number of alkyl halides is 1. The van der Waals surface area contributed by atoms with Gasteiger partial charge in [0.05, 0.1) is 24.7 Å². The largest absolute Gasteiger partial charge is 0.466 e. The molecule has 0 amide bonds. The number of rotatable bonds is 4. The van der Waals surface area contributed by atoms with Crippen molar-refractivity contribution in [1.29, 1.82) is 5.26 Å². The van der Waals surface area contributed by atoms with E-state index in [9.17, 15) is 4.79 Å². The number of nitriles is 1. The highest BCUT2D eigenvalue weighted by Crippen LogP contribution is 2.24. The molecule has 0 heterocycles. The lowest BCUT2D eigenvalue weighted by atomic mass is 10.00. The first kappa shape index (κ1) is 13.9. The Bertz CT molecular complexity index is 468. The number of carbonyl (C=O) groups is 1. The Morgan fingerprint density at radius 1 is 1.53 bits per heavy atom. The van der Waals surface area contributed by atoms with E-state index in [0.717, 1.165) is 0 Å². The molecule has 90 valence electrons. The quantitative estimate of drug-likeness (QED) is 0.519. The molecule has 0 N–H and O–H groups in total. The van der Waals surface area contributed by atoms with E-state index in [-0.39, 0.29) is 18.3 Å². The Kier molecular flexibility index (Phi) is 5.33. The molecule has 0 fully saturated rings. The highest BCUT2D eigenvalue weighted by atomic mass is 35.5. The van der Waals surface area contributed by atoms with Crippen molar-refractivity contribution in [3.63, 3.8) is 0 Å². The molecule has 0 saturated heterocycles. The van der Waals surface area contributed by atoms with Crippen molar-refractivity contribution in [3.05, 3.63) is 28.8 Å². The summed E-state index contributed by atoms with van der Waals surface area (Å²) in [6.07, 6.45) is 0.0488. The van der Waals surface area contributed by atoms with E-state index in [0.29, 0.717) is 28.2 Å². The van der Waals surface area contributed by atoms with E-state index in [1.54, 1.807) is 19.1 Å². The first-order valence-corrected chi connectivity index (χ1v) is 6.07. The molecule has 0 spiro atoms. The zero-order chi connectivity index (χ0) is 12.8. The first-order valence-electron chi connectivity index (χ1n) is 5.09. The molecule has 0 aliphatic carbocycles. The molecule has 0 saturated carbocycles. The Labute approximate surface area is 111 Å². The van der Waals surface area contributed by atoms with Crippen LogP contribution in [0.3, 0.4) is 0 Å². The summed E-state index contributed by atoms with van der Waals surface area (Å²) in [5.74, 6) is -0.155. The summed E-state index contributed by atoms with van der Waals surface area (Å²) in [4.78, 5) is 12.1. The Morgan fingerprint density at radius 2 is 2.24 bits per heavy atom. The zero-order valence-electron chi connectivity index (χ0n) is 9.36. The number of hydrogen-bond acceptors (Lipinski definition) is 4. The predicted octanol–water partition coefficient (Wildman–Crippen LogP) is 2.69. The average molecular weight is 270 g/mol. The molecule has 0 aromatic heterocycles. The van der Waals surface area contributed by atoms with E-state index in [4.69, 9.17) is 21.6 Å². The first-order chi connectivity index (χ1) is 8.13. The van der Waals surface area contributed by atoms with Crippen LogP contribution in [0.5, 0.6) is 0 Å². The van der Waals surface area contributed by atoms with Crippen LogP contribution < -0.4 is 0 Å². The van der Waals surface area contributed by atoms with E-state index in [2.05, 4.69) is 12.6 Å². The van der Waals surface area contributed by atoms with Gasteiger partial charge in [-0.25, -0.2) is 0 Å². The van der Waals surface area contributed by atoms with Crippen molar-refractivity contribution in [3.8, 4) is 6.07 Å². The topological polar surface area (TPSA) is 50.1 Å². The molecule has 0 bridgehead atoms. The highest BCUT2D eigenvalue weighted by molar-refractivity contribution is 7.80. The van der Waals surface area contributed by atoms with Gasteiger partial charge in [-0.2, -0.15) is 5.26 Å². The minimum Gasteiger partial charge on any atom is -0.466 e. The standard InChI is InChI=1S/C12H12ClNO2S/c1-2-16-12(15)5-9-8(7-14)3-4-11(17)10(9)6-13/h3-4,17H,2,5-6H2,1H3. The van der Waals surface area contributed by atoms with Gasteiger partial charge in [-0.1, -0.05) is 0 Å². The predicted molar refractivity (Wildman–Crippen MR) is 68.3 cm³/mol. The molecule has 1 rings (SSSR count). The van der Waals surface area contributed by atoms with Crippen molar-refractivity contribution in [2.24, 2.45) is 0 Å². The van der Waals surface area contributed by atoms with Crippen LogP contribution in [0, 0.1) is 11.3 Å². The van der Waals surface area contributed by atoms with Gasteiger partial charge in [-0.15, -0.1) is 24.2 Å². The smallest absolute Gasteiger partial charge is 0.310 e.